The third-order valence-corrected chi connectivity index (χ3v) is 5.26. The van der Waals surface area contributed by atoms with Gasteiger partial charge in [0.15, 0.2) is 0 Å². The minimum Gasteiger partial charge on any atom is -0.497 e. The van der Waals surface area contributed by atoms with E-state index in [4.69, 9.17) is 9.47 Å². The number of nitrogens with zero attached hydrogens (tertiary/aromatic N) is 2. The second kappa shape index (κ2) is 7.55. The lowest BCUT2D eigenvalue weighted by molar-refractivity contribution is -0.384. The smallest absolute Gasteiger partial charge is 0.269 e. The Morgan fingerprint density at radius 1 is 1.10 bits per heavy atom. The molecule has 2 aromatic carbocycles. The molecule has 0 spiro atoms. The van der Waals surface area contributed by atoms with Crippen molar-refractivity contribution in [1.82, 2.24) is 9.55 Å². The van der Waals surface area contributed by atoms with Gasteiger partial charge in [-0.3, -0.25) is 14.9 Å². The first-order valence-corrected chi connectivity index (χ1v) is 9.50. The number of methoxy groups -OCH3 is 2. The molecular formula is C22H21N3O5. The lowest BCUT2D eigenvalue weighted by Crippen LogP contribution is -2.19. The molecule has 2 aromatic heterocycles. The van der Waals surface area contributed by atoms with Crippen molar-refractivity contribution in [3.63, 3.8) is 0 Å². The molecule has 0 fully saturated rings. The fraction of sp³-hybridized carbons (Fsp3) is 0.227. The predicted octanol–water partition coefficient (Wildman–Crippen LogP) is 4.02. The number of benzene rings is 2. The van der Waals surface area contributed by atoms with Gasteiger partial charge in [0.05, 0.1) is 40.9 Å². The minimum atomic E-state index is -0.424. The first kappa shape index (κ1) is 19.5. The maximum Gasteiger partial charge on any atom is 0.269 e. The number of nitro groups is 1. The fourth-order valence-electron chi connectivity index (χ4n) is 3.81. The lowest BCUT2D eigenvalue weighted by atomic mass is 10.1. The number of nitrogens with one attached hydrogen (secondary N) is 1. The summed E-state index contributed by atoms with van der Waals surface area (Å²) in [6.45, 7) is 2.42. The standard InChI is InChI=1S/C22H21N3O5/c1-4-24-18-11-16(29-2)12-19(30-3)20(18)21-17(22(24)26)10-14(23-21)9-13-5-7-15(8-6-13)25(27)28/h5-8,10-12,23H,4,9H2,1-3H3. The Balaban J connectivity index is 1.91. The first-order chi connectivity index (χ1) is 14.5. The van der Waals surface area contributed by atoms with Crippen LogP contribution in [0.15, 0.2) is 47.3 Å². The number of H-pyrrole nitrogens is 1. The summed E-state index contributed by atoms with van der Waals surface area (Å²) >= 11 is 0. The van der Waals surface area contributed by atoms with Gasteiger partial charge in [-0.15, -0.1) is 0 Å². The van der Waals surface area contributed by atoms with Crippen LogP contribution in [-0.4, -0.2) is 28.7 Å². The minimum absolute atomic E-state index is 0.0471. The molecule has 8 nitrogen and oxygen atoms in total. The van der Waals surface area contributed by atoms with Crippen LogP contribution in [0.4, 0.5) is 5.69 Å². The van der Waals surface area contributed by atoms with Crippen molar-refractivity contribution in [2.45, 2.75) is 19.9 Å². The van der Waals surface area contributed by atoms with E-state index in [1.807, 2.05) is 19.1 Å². The number of aromatic amines is 1. The van der Waals surface area contributed by atoms with Crippen molar-refractivity contribution in [3.05, 3.63) is 74.2 Å². The molecule has 0 saturated heterocycles. The average molecular weight is 407 g/mol. The molecule has 4 rings (SSSR count). The third-order valence-electron chi connectivity index (χ3n) is 5.26. The van der Waals surface area contributed by atoms with Gasteiger partial charge in [-0.1, -0.05) is 12.1 Å². The van der Waals surface area contributed by atoms with Crippen molar-refractivity contribution in [3.8, 4) is 11.5 Å². The molecule has 4 aromatic rings. The van der Waals surface area contributed by atoms with Gasteiger partial charge in [-0.2, -0.15) is 0 Å². The molecule has 0 aliphatic carbocycles. The number of pyridine rings is 1. The summed E-state index contributed by atoms with van der Waals surface area (Å²) in [5.41, 5.74) is 3.13. The van der Waals surface area contributed by atoms with Gasteiger partial charge < -0.3 is 19.0 Å². The quantitative estimate of drug-likeness (QED) is 0.384. The molecule has 0 unspecified atom stereocenters. The van der Waals surface area contributed by atoms with Gasteiger partial charge in [-0.05, 0) is 18.6 Å². The molecule has 0 amide bonds. The summed E-state index contributed by atoms with van der Waals surface area (Å²) in [7, 11) is 3.16. The average Bonchev–Trinajstić information content (AvgIpc) is 3.17. The van der Waals surface area contributed by atoms with Crippen LogP contribution >= 0.6 is 0 Å². The van der Waals surface area contributed by atoms with Crippen molar-refractivity contribution >= 4 is 27.5 Å². The van der Waals surface area contributed by atoms with Crippen LogP contribution in [0.3, 0.4) is 0 Å². The van der Waals surface area contributed by atoms with Gasteiger partial charge in [0.25, 0.3) is 11.2 Å². The SMILES string of the molecule is CCn1c(=O)c2cc(Cc3ccc([N+](=O)[O-])cc3)[nH]c2c2c(OC)cc(OC)cc21. The van der Waals surface area contributed by atoms with E-state index in [1.54, 1.807) is 37.0 Å². The highest BCUT2D eigenvalue weighted by atomic mass is 16.6. The summed E-state index contributed by atoms with van der Waals surface area (Å²) in [6, 6.07) is 11.9. The number of nitro benzene ring substituents is 1. The van der Waals surface area contributed by atoms with Crippen LogP contribution in [-0.2, 0) is 13.0 Å². The van der Waals surface area contributed by atoms with Gasteiger partial charge >= 0.3 is 0 Å². The van der Waals surface area contributed by atoms with E-state index in [0.717, 1.165) is 22.2 Å². The highest BCUT2D eigenvalue weighted by molar-refractivity contribution is 6.07. The van der Waals surface area contributed by atoms with Crippen LogP contribution < -0.4 is 15.0 Å². The molecule has 0 radical (unpaired) electrons. The maximum atomic E-state index is 13.1. The number of hydrogen-bond donors (Lipinski definition) is 1. The largest absolute Gasteiger partial charge is 0.497 e. The first-order valence-electron chi connectivity index (χ1n) is 9.50. The van der Waals surface area contributed by atoms with Gasteiger partial charge in [0.2, 0.25) is 0 Å². The normalized spacial score (nSPS) is 11.2. The summed E-state index contributed by atoms with van der Waals surface area (Å²) in [6.07, 6.45) is 0.512. The van der Waals surface area contributed by atoms with Crippen LogP contribution in [0.1, 0.15) is 18.2 Å². The van der Waals surface area contributed by atoms with Gasteiger partial charge in [-0.25, -0.2) is 0 Å². The molecule has 30 heavy (non-hydrogen) atoms. The number of rotatable bonds is 6. The van der Waals surface area contributed by atoms with E-state index >= 15 is 0 Å². The zero-order valence-corrected chi connectivity index (χ0v) is 16.9. The summed E-state index contributed by atoms with van der Waals surface area (Å²) in [5, 5.41) is 12.2. The van der Waals surface area contributed by atoms with Crippen molar-refractivity contribution < 1.29 is 14.4 Å². The molecule has 154 valence electrons. The highest BCUT2D eigenvalue weighted by Gasteiger charge is 2.18. The van der Waals surface area contributed by atoms with E-state index in [1.165, 1.54) is 12.1 Å². The second-order valence-electron chi connectivity index (χ2n) is 6.96. The van der Waals surface area contributed by atoms with Crippen LogP contribution in [0, 0.1) is 10.1 Å². The van der Waals surface area contributed by atoms with Crippen LogP contribution in [0.5, 0.6) is 11.5 Å². The Morgan fingerprint density at radius 3 is 2.43 bits per heavy atom. The zero-order chi connectivity index (χ0) is 21.4. The highest BCUT2D eigenvalue weighted by Crippen LogP contribution is 2.35. The van der Waals surface area contributed by atoms with E-state index in [-0.39, 0.29) is 11.2 Å². The van der Waals surface area contributed by atoms with E-state index < -0.39 is 4.92 Å². The third kappa shape index (κ3) is 3.16. The van der Waals surface area contributed by atoms with Gasteiger partial charge in [0.1, 0.15) is 11.5 Å². The molecule has 0 aliphatic heterocycles. The molecule has 2 heterocycles. The van der Waals surface area contributed by atoms with Crippen molar-refractivity contribution in [2.24, 2.45) is 0 Å². The van der Waals surface area contributed by atoms with Crippen LogP contribution in [0.2, 0.25) is 0 Å². The Bertz CT molecular complexity index is 1320. The Morgan fingerprint density at radius 2 is 1.83 bits per heavy atom. The number of aryl methyl sites for hydroxylation is 1. The van der Waals surface area contributed by atoms with E-state index in [9.17, 15) is 14.9 Å². The summed E-state index contributed by atoms with van der Waals surface area (Å²) in [4.78, 5) is 26.9. The second-order valence-corrected chi connectivity index (χ2v) is 6.96. The maximum absolute atomic E-state index is 13.1. The lowest BCUT2D eigenvalue weighted by Gasteiger charge is -2.14. The molecule has 1 N–H and O–H groups in total. The van der Waals surface area contributed by atoms with Gasteiger partial charge in [0, 0.05) is 42.9 Å². The predicted molar refractivity (Wildman–Crippen MR) is 115 cm³/mol. The molecule has 0 atom stereocenters. The Hall–Kier alpha value is -3.81. The number of ether oxygens (including phenoxy) is 2. The number of non-ortho nitro benzene ring substituents is 1. The topological polar surface area (TPSA) is 99.4 Å². The van der Waals surface area contributed by atoms with Crippen molar-refractivity contribution in [1.29, 1.82) is 0 Å². The van der Waals surface area contributed by atoms with E-state index in [2.05, 4.69) is 4.98 Å². The summed E-state index contributed by atoms with van der Waals surface area (Å²) in [5.74, 6) is 1.22. The Labute approximate surface area is 171 Å². The Kier molecular flexibility index (Phi) is 4.91. The number of aromatic nitrogens is 2. The molecule has 8 heteroatoms. The van der Waals surface area contributed by atoms with E-state index in [0.29, 0.717) is 35.4 Å². The monoisotopic (exact) mass is 407 g/mol. The molecule has 0 saturated carbocycles. The van der Waals surface area contributed by atoms with Crippen LogP contribution in [0.25, 0.3) is 21.8 Å². The molecular weight excluding hydrogens is 386 g/mol. The molecule has 0 bridgehead atoms. The summed E-state index contributed by atoms with van der Waals surface area (Å²) < 4.78 is 12.7. The zero-order valence-electron chi connectivity index (χ0n) is 16.9. The molecule has 0 aliphatic rings. The fourth-order valence-corrected chi connectivity index (χ4v) is 3.81. The number of hydrogen-bond acceptors (Lipinski definition) is 5. The number of fused-ring (bicyclic) bond motifs is 3. The van der Waals surface area contributed by atoms with Crippen molar-refractivity contribution in [2.75, 3.05) is 14.2 Å².